The summed E-state index contributed by atoms with van der Waals surface area (Å²) >= 11 is 0. The van der Waals surface area contributed by atoms with Crippen LogP contribution in [0.15, 0.2) is 15.8 Å². The quantitative estimate of drug-likeness (QED) is 0.235. The third kappa shape index (κ3) is 26.5. The fourth-order valence-corrected chi connectivity index (χ4v) is 0.477. The zero-order chi connectivity index (χ0) is 15.9. The zero-order valence-electron chi connectivity index (χ0n) is 9.29. The topological polar surface area (TPSA) is 221 Å². The summed E-state index contributed by atoms with van der Waals surface area (Å²) in [6.45, 7) is 1.62. The van der Waals surface area contributed by atoms with E-state index in [0.717, 1.165) is 0 Å². The van der Waals surface area contributed by atoms with E-state index in [1.54, 1.807) is 6.92 Å². The van der Waals surface area contributed by atoms with Crippen molar-refractivity contribution in [3.05, 3.63) is 32.6 Å². The van der Waals surface area contributed by atoms with E-state index in [0.29, 0.717) is 5.56 Å². The fourth-order valence-electron chi connectivity index (χ4n) is 0.477. The summed E-state index contributed by atoms with van der Waals surface area (Å²) in [5, 5.41) is 0. The Hall–Kier alpha value is -1.10. The van der Waals surface area contributed by atoms with E-state index < -0.39 is 21.3 Å². The van der Waals surface area contributed by atoms with E-state index in [1.807, 2.05) is 0 Å². The van der Waals surface area contributed by atoms with E-state index in [4.69, 9.17) is 38.5 Å². The van der Waals surface area contributed by atoms with Crippen molar-refractivity contribution in [1.29, 1.82) is 0 Å². The Morgan fingerprint density at radius 1 is 0.947 bits per heavy atom. The number of rotatable bonds is 0. The van der Waals surface area contributed by atoms with Crippen LogP contribution < -0.4 is 11.2 Å². The maximum Gasteiger partial charge on any atom is 0.466 e. The lowest BCUT2D eigenvalue weighted by molar-refractivity contribution is 0.272. The molecule has 12 nitrogen and oxygen atoms in total. The van der Waals surface area contributed by atoms with Gasteiger partial charge in [-0.05, 0) is 6.92 Å². The maximum absolute atomic E-state index is 10.6. The first-order valence-corrected chi connectivity index (χ1v) is 7.18. The second-order valence-corrected chi connectivity index (χ2v) is 4.83. The van der Waals surface area contributed by atoms with Gasteiger partial charge in [-0.15, -0.1) is 0 Å². The van der Waals surface area contributed by atoms with Crippen molar-refractivity contribution in [2.45, 2.75) is 6.92 Å². The molecule has 0 radical (unpaired) electrons. The van der Waals surface area contributed by atoms with Crippen molar-refractivity contribution in [3.63, 3.8) is 0 Å². The minimum absolute atomic E-state index is 0.334. The predicted molar refractivity (Wildman–Crippen MR) is 60.9 cm³/mol. The summed E-state index contributed by atoms with van der Waals surface area (Å²) in [4.78, 5) is 68.4. The number of hydrogen-bond acceptors (Lipinski definition) is 4. The van der Waals surface area contributed by atoms with Gasteiger partial charge in [-0.1, -0.05) is 0 Å². The van der Waals surface area contributed by atoms with Crippen LogP contribution in [0, 0.1) is 6.92 Å². The molecule has 0 bridgehead atoms. The molecule has 0 saturated carbocycles. The standard InChI is InChI=1S/C5H6N2O2.2H3O4P/c1-3-2-6-5(9)7-4(3)8;2*1-5(2,3)4/h2H,1H3,(H2,6,7,8,9);2*(H3,1,2,3,4). The van der Waals surface area contributed by atoms with Gasteiger partial charge in [0.15, 0.2) is 0 Å². The van der Waals surface area contributed by atoms with E-state index in [-0.39, 0.29) is 5.56 Å². The van der Waals surface area contributed by atoms with E-state index >= 15 is 0 Å². The first-order chi connectivity index (χ1) is 8.20. The highest BCUT2D eigenvalue weighted by Crippen LogP contribution is 2.26. The fraction of sp³-hybridized carbons (Fsp3) is 0.200. The molecule has 0 saturated heterocycles. The van der Waals surface area contributed by atoms with Crippen LogP contribution >= 0.6 is 15.6 Å². The van der Waals surface area contributed by atoms with Crippen molar-refractivity contribution in [2.24, 2.45) is 0 Å². The molecule has 8 N–H and O–H groups in total. The molecule has 0 amide bonds. The second kappa shape index (κ2) is 8.15. The number of aryl methyl sites for hydroxylation is 1. The Morgan fingerprint density at radius 2 is 1.26 bits per heavy atom. The molecule has 0 fully saturated rings. The van der Waals surface area contributed by atoms with Gasteiger partial charge in [-0.3, -0.25) is 9.78 Å². The highest BCUT2D eigenvalue weighted by atomic mass is 31.2. The molecule has 19 heavy (non-hydrogen) atoms. The molecular formula is C5H12N2O10P2. The largest absolute Gasteiger partial charge is 0.466 e. The normalized spacial score (nSPS) is 10.7. The van der Waals surface area contributed by atoms with Gasteiger partial charge >= 0.3 is 21.3 Å². The molecule has 1 aromatic heterocycles. The van der Waals surface area contributed by atoms with Crippen molar-refractivity contribution in [1.82, 2.24) is 9.97 Å². The van der Waals surface area contributed by atoms with Gasteiger partial charge in [-0.25, -0.2) is 13.9 Å². The number of hydrogen-bond donors (Lipinski definition) is 8. The summed E-state index contributed by atoms with van der Waals surface area (Å²) in [7, 11) is -9.28. The SMILES string of the molecule is Cc1c[nH]c(=O)[nH]c1=O.O=P(O)(O)O.O=P(O)(O)O. The summed E-state index contributed by atoms with van der Waals surface area (Å²) < 4.78 is 17.8. The number of aromatic amines is 2. The van der Waals surface area contributed by atoms with Gasteiger partial charge in [0.2, 0.25) is 0 Å². The average molecular weight is 322 g/mol. The van der Waals surface area contributed by atoms with Crippen LogP contribution in [-0.4, -0.2) is 39.3 Å². The van der Waals surface area contributed by atoms with Gasteiger partial charge in [0.05, 0.1) is 0 Å². The Bertz CT molecular complexity index is 542. The molecule has 0 spiro atoms. The van der Waals surface area contributed by atoms with Crippen molar-refractivity contribution < 1.29 is 38.5 Å². The molecule has 0 aliphatic carbocycles. The minimum atomic E-state index is -4.64. The van der Waals surface area contributed by atoms with E-state index in [2.05, 4.69) is 9.97 Å². The van der Waals surface area contributed by atoms with Gasteiger partial charge in [-0.2, -0.15) is 0 Å². The Kier molecular flexibility index (Phi) is 8.67. The molecule has 0 aliphatic rings. The summed E-state index contributed by atoms with van der Waals surface area (Å²) in [6, 6.07) is 0. The van der Waals surface area contributed by atoms with Crippen LogP contribution in [0.4, 0.5) is 0 Å². The molecule has 1 rings (SSSR count). The number of nitrogens with one attached hydrogen (secondary N) is 2. The second-order valence-electron chi connectivity index (χ2n) is 2.78. The van der Waals surface area contributed by atoms with Crippen molar-refractivity contribution in [3.8, 4) is 0 Å². The Labute approximate surface area is 104 Å². The lowest BCUT2D eigenvalue weighted by atomic mass is 10.4. The average Bonchev–Trinajstić information content (AvgIpc) is 2.06. The van der Waals surface area contributed by atoms with Crippen LogP contribution in [0.25, 0.3) is 0 Å². The van der Waals surface area contributed by atoms with Gasteiger partial charge in [0, 0.05) is 11.8 Å². The number of phosphoric acid groups is 2. The first-order valence-electron chi connectivity index (χ1n) is 4.05. The van der Waals surface area contributed by atoms with E-state index in [1.165, 1.54) is 6.20 Å². The molecule has 14 heteroatoms. The highest BCUT2D eigenvalue weighted by Gasteiger charge is 2.00. The lowest BCUT2D eigenvalue weighted by Crippen LogP contribution is -2.22. The van der Waals surface area contributed by atoms with E-state index in [9.17, 15) is 9.59 Å². The molecule has 0 aliphatic heterocycles. The summed E-state index contributed by atoms with van der Waals surface area (Å²) in [6.07, 6.45) is 1.38. The lowest BCUT2D eigenvalue weighted by Gasteiger charge is -1.84. The van der Waals surface area contributed by atoms with Gasteiger partial charge in [0.1, 0.15) is 0 Å². The molecule has 1 aromatic rings. The Balaban J connectivity index is 0. The third-order valence-electron chi connectivity index (χ3n) is 1.00. The van der Waals surface area contributed by atoms with Crippen LogP contribution in [0.3, 0.4) is 0 Å². The van der Waals surface area contributed by atoms with Crippen LogP contribution in [0.5, 0.6) is 0 Å². The molecule has 112 valence electrons. The first kappa shape index (κ1) is 20.2. The Morgan fingerprint density at radius 3 is 1.47 bits per heavy atom. The van der Waals surface area contributed by atoms with Crippen molar-refractivity contribution in [2.75, 3.05) is 0 Å². The monoisotopic (exact) mass is 322 g/mol. The van der Waals surface area contributed by atoms with Crippen LogP contribution in [-0.2, 0) is 9.13 Å². The van der Waals surface area contributed by atoms with Gasteiger partial charge in [0.25, 0.3) is 5.56 Å². The number of aromatic nitrogens is 2. The highest BCUT2D eigenvalue weighted by molar-refractivity contribution is 7.45. The summed E-state index contributed by atoms with van der Waals surface area (Å²) in [5.74, 6) is 0. The molecule has 0 unspecified atom stereocenters. The molecular weight excluding hydrogens is 310 g/mol. The van der Waals surface area contributed by atoms with Crippen molar-refractivity contribution >= 4 is 15.6 Å². The minimum Gasteiger partial charge on any atom is -0.314 e. The summed E-state index contributed by atoms with van der Waals surface area (Å²) in [5.41, 5.74) is -0.293. The zero-order valence-corrected chi connectivity index (χ0v) is 11.1. The number of H-pyrrole nitrogens is 2. The predicted octanol–water partition coefficient (Wildman–Crippen LogP) is -2.49. The molecule has 0 atom stereocenters. The molecule has 1 heterocycles. The third-order valence-corrected chi connectivity index (χ3v) is 1.00. The van der Waals surface area contributed by atoms with Crippen LogP contribution in [0.2, 0.25) is 0 Å². The maximum atomic E-state index is 10.6. The smallest absolute Gasteiger partial charge is 0.314 e. The molecule has 0 aromatic carbocycles. The van der Waals surface area contributed by atoms with Gasteiger partial charge < -0.3 is 34.3 Å². The van der Waals surface area contributed by atoms with Crippen LogP contribution in [0.1, 0.15) is 5.56 Å².